The summed E-state index contributed by atoms with van der Waals surface area (Å²) in [5, 5.41) is 10.5. The summed E-state index contributed by atoms with van der Waals surface area (Å²) in [6, 6.07) is 21.6. The van der Waals surface area contributed by atoms with Crippen LogP contribution in [0.2, 0.25) is 0 Å². The Morgan fingerprint density at radius 1 is 0.852 bits per heavy atom. The Bertz CT molecular complexity index is 876. The number of hydrogen-bond donors (Lipinski definition) is 1. The lowest BCUT2D eigenvalue weighted by molar-refractivity contribution is -0.137. The molecular formula is C22H19F3O2. The van der Waals surface area contributed by atoms with Crippen molar-refractivity contribution in [3.63, 3.8) is 0 Å². The fourth-order valence-electron chi connectivity index (χ4n) is 2.80. The quantitative estimate of drug-likeness (QED) is 0.614. The van der Waals surface area contributed by atoms with Crippen molar-refractivity contribution in [1.29, 1.82) is 0 Å². The highest BCUT2D eigenvalue weighted by Crippen LogP contribution is 2.32. The number of hydrogen-bond acceptors (Lipinski definition) is 2. The Labute approximate surface area is 155 Å². The largest absolute Gasteiger partial charge is 0.489 e. The minimum absolute atomic E-state index is 0.159. The molecule has 0 aliphatic rings. The zero-order valence-electron chi connectivity index (χ0n) is 14.5. The first kappa shape index (κ1) is 19.0. The maximum atomic E-state index is 12.9. The summed E-state index contributed by atoms with van der Waals surface area (Å²) in [6.07, 6.45) is -5.34. The highest BCUT2D eigenvalue weighted by molar-refractivity contribution is 5.36. The number of para-hydroxylation sites is 1. The van der Waals surface area contributed by atoms with Crippen molar-refractivity contribution in [1.82, 2.24) is 0 Å². The Balaban J connectivity index is 1.74. The first-order chi connectivity index (χ1) is 12.9. The van der Waals surface area contributed by atoms with Gasteiger partial charge in [-0.05, 0) is 34.9 Å². The molecule has 0 amide bonds. The van der Waals surface area contributed by atoms with E-state index in [4.69, 9.17) is 4.74 Å². The van der Waals surface area contributed by atoms with E-state index < -0.39 is 17.8 Å². The molecule has 0 aliphatic carbocycles. The fourth-order valence-corrected chi connectivity index (χ4v) is 2.80. The van der Waals surface area contributed by atoms with Crippen molar-refractivity contribution in [3.05, 3.63) is 101 Å². The Kier molecular flexibility index (Phi) is 5.81. The molecule has 3 rings (SSSR count). The SMILES string of the molecule is OC(Cc1ccccc1OCc1ccccc1)c1cccc(C(F)(F)F)c1. The van der Waals surface area contributed by atoms with E-state index in [0.29, 0.717) is 12.4 Å². The molecule has 0 heterocycles. The molecule has 0 fully saturated rings. The lowest BCUT2D eigenvalue weighted by Crippen LogP contribution is -2.08. The number of halogens is 3. The van der Waals surface area contributed by atoms with E-state index in [9.17, 15) is 18.3 Å². The first-order valence-electron chi connectivity index (χ1n) is 8.53. The third-order valence-electron chi connectivity index (χ3n) is 4.22. The molecule has 3 aromatic carbocycles. The molecule has 1 atom stereocenters. The molecule has 0 aromatic heterocycles. The summed E-state index contributed by atoms with van der Waals surface area (Å²) in [4.78, 5) is 0. The summed E-state index contributed by atoms with van der Waals surface area (Å²) in [5.74, 6) is 0.604. The van der Waals surface area contributed by atoms with E-state index in [0.717, 1.165) is 23.3 Å². The van der Waals surface area contributed by atoms with Crippen molar-refractivity contribution in [3.8, 4) is 5.75 Å². The molecule has 0 saturated carbocycles. The van der Waals surface area contributed by atoms with E-state index in [1.165, 1.54) is 12.1 Å². The van der Waals surface area contributed by atoms with Crippen LogP contribution in [-0.4, -0.2) is 5.11 Å². The average Bonchev–Trinajstić information content (AvgIpc) is 2.67. The zero-order valence-corrected chi connectivity index (χ0v) is 14.5. The molecule has 2 nitrogen and oxygen atoms in total. The van der Waals surface area contributed by atoms with Crippen LogP contribution in [0.1, 0.15) is 28.4 Å². The van der Waals surface area contributed by atoms with Gasteiger partial charge in [-0.3, -0.25) is 0 Å². The molecule has 0 aliphatic heterocycles. The van der Waals surface area contributed by atoms with Gasteiger partial charge in [0, 0.05) is 6.42 Å². The maximum Gasteiger partial charge on any atom is 0.416 e. The van der Waals surface area contributed by atoms with Crippen molar-refractivity contribution in [2.45, 2.75) is 25.3 Å². The van der Waals surface area contributed by atoms with Crippen molar-refractivity contribution >= 4 is 0 Å². The van der Waals surface area contributed by atoms with E-state index in [1.807, 2.05) is 42.5 Å². The van der Waals surface area contributed by atoms with Gasteiger partial charge in [0.2, 0.25) is 0 Å². The number of alkyl halides is 3. The van der Waals surface area contributed by atoms with Gasteiger partial charge in [-0.2, -0.15) is 13.2 Å². The number of benzene rings is 3. The van der Waals surface area contributed by atoms with Crippen LogP contribution in [0.15, 0.2) is 78.9 Å². The van der Waals surface area contributed by atoms with Crippen LogP contribution in [0.25, 0.3) is 0 Å². The van der Waals surface area contributed by atoms with Gasteiger partial charge < -0.3 is 9.84 Å². The highest BCUT2D eigenvalue weighted by atomic mass is 19.4. The minimum Gasteiger partial charge on any atom is -0.489 e. The van der Waals surface area contributed by atoms with Crippen LogP contribution in [0.5, 0.6) is 5.75 Å². The fraction of sp³-hybridized carbons (Fsp3) is 0.182. The van der Waals surface area contributed by atoms with Crippen molar-refractivity contribution in [2.75, 3.05) is 0 Å². The first-order valence-corrected chi connectivity index (χ1v) is 8.53. The second kappa shape index (κ2) is 8.27. The number of ether oxygens (including phenoxy) is 1. The lowest BCUT2D eigenvalue weighted by atomic mass is 9.99. The van der Waals surface area contributed by atoms with Gasteiger partial charge in [-0.25, -0.2) is 0 Å². The topological polar surface area (TPSA) is 29.5 Å². The normalized spacial score (nSPS) is 12.6. The predicted molar refractivity (Wildman–Crippen MR) is 97.3 cm³/mol. The zero-order chi connectivity index (χ0) is 19.3. The van der Waals surface area contributed by atoms with Gasteiger partial charge in [0.25, 0.3) is 0 Å². The average molecular weight is 372 g/mol. The van der Waals surface area contributed by atoms with Gasteiger partial charge in [0.05, 0.1) is 11.7 Å². The van der Waals surface area contributed by atoms with Gasteiger partial charge >= 0.3 is 6.18 Å². The Hall–Kier alpha value is -2.79. The van der Waals surface area contributed by atoms with Gasteiger partial charge in [-0.1, -0.05) is 60.7 Å². The second-order valence-electron chi connectivity index (χ2n) is 6.23. The van der Waals surface area contributed by atoms with Crippen LogP contribution in [0, 0.1) is 0 Å². The molecule has 140 valence electrons. The molecule has 0 saturated heterocycles. The molecule has 0 bridgehead atoms. The van der Waals surface area contributed by atoms with Crippen LogP contribution in [0.3, 0.4) is 0 Å². The molecule has 1 N–H and O–H groups in total. The predicted octanol–water partition coefficient (Wildman–Crippen LogP) is 5.56. The van der Waals surface area contributed by atoms with Crippen LogP contribution < -0.4 is 4.74 Å². The molecule has 0 radical (unpaired) electrons. The second-order valence-corrected chi connectivity index (χ2v) is 6.23. The smallest absolute Gasteiger partial charge is 0.416 e. The lowest BCUT2D eigenvalue weighted by Gasteiger charge is -2.16. The van der Waals surface area contributed by atoms with E-state index >= 15 is 0 Å². The van der Waals surface area contributed by atoms with Crippen LogP contribution >= 0.6 is 0 Å². The van der Waals surface area contributed by atoms with Crippen molar-refractivity contribution in [2.24, 2.45) is 0 Å². The molecule has 1 unspecified atom stereocenters. The number of rotatable bonds is 6. The van der Waals surface area contributed by atoms with Gasteiger partial charge in [0.15, 0.2) is 0 Å². The number of aliphatic hydroxyl groups excluding tert-OH is 1. The standard InChI is InChI=1S/C22H19F3O2/c23-22(24,25)19-11-6-10-17(13-19)20(26)14-18-9-4-5-12-21(18)27-15-16-7-2-1-3-8-16/h1-13,20,26H,14-15H2. The minimum atomic E-state index is -4.44. The van der Waals surface area contributed by atoms with E-state index in [2.05, 4.69) is 0 Å². The Morgan fingerprint density at radius 2 is 1.56 bits per heavy atom. The third kappa shape index (κ3) is 5.11. The molecule has 27 heavy (non-hydrogen) atoms. The summed E-state index contributed by atoms with van der Waals surface area (Å²) in [7, 11) is 0. The third-order valence-corrected chi connectivity index (χ3v) is 4.22. The van der Waals surface area contributed by atoms with E-state index in [1.54, 1.807) is 12.1 Å². The van der Waals surface area contributed by atoms with Crippen LogP contribution in [0.4, 0.5) is 13.2 Å². The maximum absolute atomic E-state index is 12.9. The molecule has 3 aromatic rings. The summed E-state index contributed by atoms with van der Waals surface area (Å²) >= 11 is 0. The Morgan fingerprint density at radius 3 is 2.30 bits per heavy atom. The molecule has 0 spiro atoms. The van der Waals surface area contributed by atoms with E-state index in [-0.39, 0.29) is 12.0 Å². The summed E-state index contributed by atoms with van der Waals surface area (Å²) in [6.45, 7) is 0.373. The van der Waals surface area contributed by atoms with Gasteiger partial charge in [0.1, 0.15) is 12.4 Å². The van der Waals surface area contributed by atoms with Crippen LogP contribution in [-0.2, 0) is 19.2 Å². The number of aliphatic hydroxyl groups is 1. The molecule has 5 heteroatoms. The summed E-state index contributed by atoms with van der Waals surface area (Å²) < 4.78 is 44.5. The van der Waals surface area contributed by atoms with Crippen molar-refractivity contribution < 1.29 is 23.0 Å². The monoisotopic (exact) mass is 372 g/mol. The summed E-state index contributed by atoms with van der Waals surface area (Å²) in [5.41, 5.74) is 1.19. The highest BCUT2D eigenvalue weighted by Gasteiger charge is 2.30. The van der Waals surface area contributed by atoms with Gasteiger partial charge in [-0.15, -0.1) is 0 Å². The molecular weight excluding hydrogens is 353 g/mol.